The second-order valence-electron chi connectivity index (χ2n) is 12.3. The number of hydrogen-bond acceptors (Lipinski definition) is 4. The van der Waals surface area contributed by atoms with Crippen molar-refractivity contribution in [3.8, 4) is 17.6 Å². The van der Waals surface area contributed by atoms with E-state index >= 15 is 0 Å². The molecule has 9 heteroatoms. The minimum Gasteiger partial charge on any atom is -0.508 e. The number of likely N-dealkylation sites (tertiary alicyclic amines) is 1. The zero-order valence-electron chi connectivity index (χ0n) is 23.4. The smallest absolute Gasteiger partial charge is 0.416 e. The third-order valence-corrected chi connectivity index (χ3v) is 9.08. The average molecular weight is 570 g/mol. The molecule has 3 aliphatic rings. The van der Waals surface area contributed by atoms with Crippen LogP contribution in [-0.2, 0) is 25.9 Å². The molecule has 218 valence electrons. The molecule has 6 nitrogen and oxygen atoms in total. The number of carbonyl (C=O) groups is 2. The number of hydrogen-bond donors (Lipinski definition) is 2. The first-order valence-corrected chi connectivity index (χ1v) is 14.1. The number of alkyl halides is 3. The third kappa shape index (κ3) is 6.23. The lowest BCUT2D eigenvalue weighted by Crippen LogP contribution is -2.72. The number of phenols is 1. The number of halogens is 3. The van der Waals surface area contributed by atoms with Crippen LogP contribution in [0.15, 0.2) is 48.5 Å². The van der Waals surface area contributed by atoms with Gasteiger partial charge in [-0.05, 0) is 74.1 Å². The van der Waals surface area contributed by atoms with Crippen LogP contribution >= 0.6 is 0 Å². The molecule has 0 spiro atoms. The van der Waals surface area contributed by atoms with E-state index in [1.54, 1.807) is 18.2 Å². The van der Waals surface area contributed by atoms with Crippen LogP contribution in [0.25, 0.3) is 0 Å². The maximum Gasteiger partial charge on any atom is 0.416 e. The lowest BCUT2D eigenvalue weighted by molar-refractivity contribution is -0.924. The van der Waals surface area contributed by atoms with Gasteiger partial charge in [-0.15, -0.1) is 0 Å². The fourth-order valence-corrected chi connectivity index (χ4v) is 7.15. The fourth-order valence-electron chi connectivity index (χ4n) is 7.15. The molecule has 4 atom stereocenters. The third-order valence-electron chi connectivity index (χ3n) is 9.08. The van der Waals surface area contributed by atoms with E-state index in [0.29, 0.717) is 37.3 Å². The van der Waals surface area contributed by atoms with Crippen LogP contribution in [-0.4, -0.2) is 59.8 Å². The number of nitrogens with zero attached hydrogens (tertiary/aromatic N) is 1. The predicted molar refractivity (Wildman–Crippen MR) is 147 cm³/mol. The van der Waals surface area contributed by atoms with Gasteiger partial charge >= 0.3 is 12.1 Å². The summed E-state index contributed by atoms with van der Waals surface area (Å²) in [5, 5.41) is 13.4. The van der Waals surface area contributed by atoms with Crippen molar-refractivity contribution >= 4 is 11.9 Å². The van der Waals surface area contributed by atoms with Crippen molar-refractivity contribution in [1.29, 1.82) is 0 Å². The number of quaternary nitrogens is 1. The van der Waals surface area contributed by atoms with E-state index in [4.69, 9.17) is 4.74 Å². The van der Waals surface area contributed by atoms with Gasteiger partial charge in [-0.2, -0.15) is 13.2 Å². The number of phenolic OH excluding ortho intramolecular Hbond substituents is 1. The Morgan fingerprint density at radius 3 is 2.49 bits per heavy atom. The minimum absolute atomic E-state index is 0.128. The van der Waals surface area contributed by atoms with Crippen LogP contribution in [0.3, 0.4) is 0 Å². The first-order chi connectivity index (χ1) is 19.3. The van der Waals surface area contributed by atoms with Crippen molar-refractivity contribution in [3.05, 3.63) is 65.2 Å². The van der Waals surface area contributed by atoms with E-state index < -0.39 is 28.7 Å². The van der Waals surface area contributed by atoms with Gasteiger partial charge in [0.1, 0.15) is 12.3 Å². The molecule has 1 unspecified atom stereocenters. The summed E-state index contributed by atoms with van der Waals surface area (Å²) in [5.74, 6) is 5.12. The molecule has 1 amide bonds. The number of carbonyl (C=O) groups excluding carboxylic acids is 2. The first kappa shape index (κ1) is 29.0. The van der Waals surface area contributed by atoms with E-state index in [9.17, 15) is 27.9 Å². The van der Waals surface area contributed by atoms with Crippen LogP contribution in [0.4, 0.5) is 13.2 Å². The molecule has 41 heavy (non-hydrogen) atoms. The van der Waals surface area contributed by atoms with Gasteiger partial charge in [-0.1, -0.05) is 18.1 Å². The highest BCUT2D eigenvalue weighted by Crippen LogP contribution is 2.55. The zero-order chi connectivity index (χ0) is 29.5. The number of amides is 1. The molecule has 0 aromatic heterocycles. The summed E-state index contributed by atoms with van der Waals surface area (Å²) in [6.45, 7) is 4.02. The van der Waals surface area contributed by atoms with E-state index in [0.717, 1.165) is 41.7 Å². The summed E-state index contributed by atoms with van der Waals surface area (Å²) in [4.78, 5) is 25.4. The van der Waals surface area contributed by atoms with Crippen LogP contribution < -0.4 is 5.32 Å². The van der Waals surface area contributed by atoms with Gasteiger partial charge in [0.05, 0.1) is 25.7 Å². The van der Waals surface area contributed by atoms with Crippen molar-refractivity contribution in [1.82, 2.24) is 5.32 Å². The number of rotatable bonds is 5. The van der Waals surface area contributed by atoms with Gasteiger partial charge in [-0.3, -0.25) is 9.59 Å². The average Bonchev–Trinajstić information content (AvgIpc) is 3.70. The normalized spacial score (nSPS) is 29.4. The highest BCUT2D eigenvalue weighted by atomic mass is 19.4. The Hall–Kier alpha value is -3.51. The second kappa shape index (κ2) is 10.7. The van der Waals surface area contributed by atoms with Crippen molar-refractivity contribution in [2.45, 2.75) is 68.7 Å². The highest BCUT2D eigenvalue weighted by molar-refractivity contribution is 5.94. The molecule has 2 N–H and O–H groups in total. The highest BCUT2D eigenvalue weighted by Gasteiger charge is 2.64. The molecule has 2 aromatic carbocycles. The van der Waals surface area contributed by atoms with Crippen molar-refractivity contribution in [2.75, 3.05) is 26.7 Å². The zero-order valence-corrected chi connectivity index (χ0v) is 23.4. The number of ether oxygens (including phenoxy) is 1. The summed E-state index contributed by atoms with van der Waals surface area (Å²) < 4.78 is 45.7. The summed E-state index contributed by atoms with van der Waals surface area (Å²) in [5.41, 5.74) is -1.02. The standard InChI is InChI=1S/C32H35F3N2O4/c1-22(38)41-31-15-14-27(36-29(40)13-10-23-8-11-25(12-9-23)32(33,34)35)19-30(31,26-4-3-5-28(39)18-26)16-17-37(2,21-31)20-24-6-7-24/h3-5,8-9,11-12,18,24,27H,6-7,14-17,19-21H2,1-2H3,(H-,36,39,40)/p+1/t27-,30+,31?,37-/m1/s1. The molecule has 2 saturated carbocycles. The molecule has 0 bridgehead atoms. The Morgan fingerprint density at radius 1 is 1.12 bits per heavy atom. The fraction of sp³-hybridized carbons (Fsp3) is 0.500. The second-order valence-corrected chi connectivity index (χ2v) is 12.3. The Labute approximate surface area is 238 Å². The molecule has 0 radical (unpaired) electrons. The predicted octanol–water partition coefficient (Wildman–Crippen LogP) is 4.93. The Bertz CT molecular complexity index is 1380. The van der Waals surface area contributed by atoms with E-state index in [2.05, 4.69) is 24.2 Å². The number of benzene rings is 2. The van der Waals surface area contributed by atoms with Gasteiger partial charge in [0.25, 0.3) is 5.91 Å². The quantitative estimate of drug-likeness (QED) is 0.304. The van der Waals surface area contributed by atoms with Crippen molar-refractivity contribution < 1.29 is 37.1 Å². The summed E-state index contributed by atoms with van der Waals surface area (Å²) >= 11 is 0. The number of esters is 1. The SMILES string of the molecule is CC(=O)OC12CC[C@@H](NC(=O)C#Cc3ccc(C(F)(F)F)cc3)C[C@]1(c1cccc(O)c1)CC[N@+](C)(CC1CC1)C2. The molecule has 1 aliphatic heterocycles. The minimum atomic E-state index is -4.44. The topological polar surface area (TPSA) is 75.6 Å². The molecule has 1 heterocycles. The maximum atomic E-state index is 12.9. The van der Waals surface area contributed by atoms with Crippen LogP contribution in [0.1, 0.15) is 62.1 Å². The number of piperidine rings is 1. The molecule has 5 rings (SSSR count). The largest absolute Gasteiger partial charge is 0.508 e. The molecular formula is C32H36F3N2O4+. The van der Waals surface area contributed by atoms with Crippen molar-refractivity contribution in [3.63, 3.8) is 0 Å². The maximum absolute atomic E-state index is 12.9. The van der Waals surface area contributed by atoms with Gasteiger partial charge in [0.15, 0.2) is 5.60 Å². The number of aromatic hydroxyl groups is 1. The van der Waals surface area contributed by atoms with Crippen LogP contribution in [0, 0.1) is 17.8 Å². The van der Waals surface area contributed by atoms with Gasteiger partial charge in [-0.25, -0.2) is 0 Å². The van der Waals surface area contributed by atoms with Gasteiger partial charge < -0.3 is 19.6 Å². The number of nitrogens with one attached hydrogen (secondary N) is 1. The van der Waals surface area contributed by atoms with E-state index in [1.165, 1.54) is 31.9 Å². The molecule has 2 aromatic rings. The Balaban J connectivity index is 1.41. The molecule has 2 aliphatic carbocycles. The summed E-state index contributed by atoms with van der Waals surface area (Å²) in [6.07, 6.45) is 0.354. The van der Waals surface area contributed by atoms with Crippen LogP contribution in [0.5, 0.6) is 5.75 Å². The molecule has 3 fully saturated rings. The monoisotopic (exact) mass is 569 g/mol. The Kier molecular flexibility index (Phi) is 7.58. The number of fused-ring (bicyclic) bond motifs is 1. The lowest BCUT2D eigenvalue weighted by Gasteiger charge is -2.60. The van der Waals surface area contributed by atoms with Gasteiger partial charge in [0.2, 0.25) is 0 Å². The first-order valence-electron chi connectivity index (χ1n) is 14.1. The molecular weight excluding hydrogens is 533 g/mol. The van der Waals surface area contributed by atoms with Crippen LogP contribution in [0.2, 0.25) is 0 Å². The molecule has 1 saturated heterocycles. The summed E-state index contributed by atoms with van der Waals surface area (Å²) in [6, 6.07) is 11.2. The lowest BCUT2D eigenvalue weighted by atomic mass is 9.54. The Morgan fingerprint density at radius 2 is 1.85 bits per heavy atom. The summed E-state index contributed by atoms with van der Waals surface area (Å²) in [7, 11) is 2.24. The van der Waals surface area contributed by atoms with E-state index in [-0.39, 0.29) is 17.8 Å². The van der Waals surface area contributed by atoms with Crippen molar-refractivity contribution in [2.24, 2.45) is 5.92 Å². The number of likely N-dealkylation sites (N-methyl/N-ethyl adjacent to an activating group) is 1. The van der Waals surface area contributed by atoms with Gasteiger partial charge in [0, 0.05) is 42.2 Å². The van der Waals surface area contributed by atoms with E-state index in [1.807, 2.05) is 6.07 Å².